The van der Waals surface area contributed by atoms with Crippen LogP contribution < -0.4 is 0 Å². The van der Waals surface area contributed by atoms with Crippen molar-refractivity contribution in [3.63, 3.8) is 0 Å². The average molecular weight is 172 g/mol. The molecule has 0 heterocycles. The van der Waals surface area contributed by atoms with Gasteiger partial charge in [-0.2, -0.15) is 13.2 Å². The summed E-state index contributed by atoms with van der Waals surface area (Å²) >= 11 is 4.89. The molecule has 0 saturated carbocycles. The number of allylic oxidation sites excluding steroid dienone is 2. The molecule has 0 spiro atoms. The maximum atomic E-state index is 11.6. The van der Waals surface area contributed by atoms with Gasteiger partial charge in [0.25, 0.3) is 0 Å². The Bertz CT molecular complexity index is 170. The lowest BCUT2D eigenvalue weighted by atomic mass is 10.3. The number of hydrogen-bond acceptors (Lipinski definition) is 1. The second-order valence-electron chi connectivity index (χ2n) is 1.67. The zero-order valence-corrected chi connectivity index (χ0v) is 5.85. The van der Waals surface area contributed by atoms with Gasteiger partial charge in [-0.3, -0.25) is 5.41 Å². The largest absolute Gasteiger partial charge is 0.412 e. The standard InChI is InChI=1S/C5H5ClF3N/c1-3(2-4(6)10)5(7,8)9/h2,10H,1H3/b3-2+,10-4?. The smallest absolute Gasteiger partial charge is 0.289 e. The van der Waals surface area contributed by atoms with Crippen LogP contribution in [0.15, 0.2) is 11.6 Å². The molecule has 1 nitrogen and oxygen atoms in total. The monoisotopic (exact) mass is 171 g/mol. The highest BCUT2D eigenvalue weighted by atomic mass is 35.5. The third-order valence-corrected chi connectivity index (χ3v) is 0.899. The molecule has 0 aliphatic rings. The summed E-state index contributed by atoms with van der Waals surface area (Å²) in [6, 6.07) is 0. The molecule has 0 aliphatic heterocycles. The summed E-state index contributed by atoms with van der Waals surface area (Å²) in [5, 5.41) is 5.88. The molecular weight excluding hydrogens is 167 g/mol. The number of rotatable bonds is 1. The van der Waals surface area contributed by atoms with E-state index in [2.05, 4.69) is 0 Å². The highest BCUT2D eigenvalue weighted by molar-refractivity contribution is 6.67. The maximum absolute atomic E-state index is 11.6. The molecule has 10 heavy (non-hydrogen) atoms. The van der Waals surface area contributed by atoms with Crippen LogP contribution in [-0.4, -0.2) is 11.3 Å². The molecule has 0 aliphatic carbocycles. The summed E-state index contributed by atoms with van der Waals surface area (Å²) < 4.78 is 34.8. The fourth-order valence-electron chi connectivity index (χ4n) is 0.272. The minimum Gasteiger partial charge on any atom is -0.289 e. The lowest BCUT2D eigenvalue weighted by Gasteiger charge is -2.04. The highest BCUT2D eigenvalue weighted by Crippen LogP contribution is 2.24. The van der Waals surface area contributed by atoms with Crippen molar-refractivity contribution in [3.05, 3.63) is 11.6 Å². The molecule has 0 aromatic rings. The fourth-order valence-corrected chi connectivity index (χ4v) is 0.436. The highest BCUT2D eigenvalue weighted by Gasteiger charge is 2.29. The van der Waals surface area contributed by atoms with Crippen LogP contribution >= 0.6 is 11.6 Å². The summed E-state index contributed by atoms with van der Waals surface area (Å²) in [5.74, 6) is 0. The van der Waals surface area contributed by atoms with E-state index in [1.54, 1.807) is 0 Å². The molecule has 0 rings (SSSR count). The van der Waals surface area contributed by atoms with E-state index in [-0.39, 0.29) is 0 Å². The van der Waals surface area contributed by atoms with Crippen LogP contribution in [0, 0.1) is 5.41 Å². The third-order valence-electron chi connectivity index (χ3n) is 0.790. The third kappa shape index (κ3) is 3.50. The van der Waals surface area contributed by atoms with Crippen molar-refractivity contribution < 1.29 is 13.2 Å². The summed E-state index contributed by atoms with van der Waals surface area (Å²) in [6.07, 6.45) is -3.82. The van der Waals surface area contributed by atoms with Crippen LogP contribution in [0.5, 0.6) is 0 Å². The van der Waals surface area contributed by atoms with Crippen molar-refractivity contribution in [1.82, 2.24) is 0 Å². The van der Waals surface area contributed by atoms with Crippen LogP contribution in [0.4, 0.5) is 13.2 Å². The Hall–Kier alpha value is -0.510. The Morgan fingerprint density at radius 2 is 1.90 bits per heavy atom. The van der Waals surface area contributed by atoms with Crippen molar-refractivity contribution >= 4 is 16.8 Å². The van der Waals surface area contributed by atoms with E-state index in [1.165, 1.54) is 0 Å². The molecule has 0 atom stereocenters. The summed E-state index contributed by atoms with van der Waals surface area (Å²) in [5.41, 5.74) is -0.868. The van der Waals surface area contributed by atoms with Gasteiger partial charge in [-0.1, -0.05) is 11.6 Å². The van der Waals surface area contributed by atoms with Crippen LogP contribution in [0.1, 0.15) is 6.92 Å². The number of halogens is 4. The quantitative estimate of drug-likeness (QED) is 0.587. The molecular formula is C5H5ClF3N. The molecule has 0 aromatic carbocycles. The molecule has 0 unspecified atom stereocenters. The SMILES string of the molecule is C/C(=C\C(=N)Cl)C(F)(F)F. The van der Waals surface area contributed by atoms with E-state index in [1.807, 2.05) is 0 Å². The molecule has 0 saturated heterocycles. The van der Waals surface area contributed by atoms with Gasteiger partial charge in [0.1, 0.15) is 5.17 Å². The first-order chi connectivity index (χ1) is 4.34. The van der Waals surface area contributed by atoms with E-state index in [0.717, 1.165) is 6.92 Å². The van der Waals surface area contributed by atoms with Gasteiger partial charge >= 0.3 is 6.18 Å². The van der Waals surface area contributed by atoms with Gasteiger partial charge in [0.2, 0.25) is 0 Å². The first kappa shape index (κ1) is 9.49. The number of nitrogens with one attached hydrogen (secondary N) is 1. The lowest BCUT2D eigenvalue weighted by Crippen LogP contribution is -2.09. The Kier molecular flexibility index (Phi) is 2.90. The predicted molar refractivity (Wildman–Crippen MR) is 33.4 cm³/mol. The van der Waals surface area contributed by atoms with Crippen molar-refractivity contribution in [2.24, 2.45) is 0 Å². The van der Waals surface area contributed by atoms with E-state index >= 15 is 0 Å². The minimum atomic E-state index is -4.37. The maximum Gasteiger partial charge on any atom is 0.412 e. The lowest BCUT2D eigenvalue weighted by molar-refractivity contribution is -0.0911. The molecule has 0 amide bonds. The van der Waals surface area contributed by atoms with E-state index in [4.69, 9.17) is 17.0 Å². The molecule has 5 heteroatoms. The number of alkyl halides is 3. The second kappa shape index (κ2) is 3.05. The Morgan fingerprint density at radius 3 is 2.00 bits per heavy atom. The molecule has 0 radical (unpaired) electrons. The Balaban J connectivity index is 4.35. The summed E-state index contributed by atoms with van der Waals surface area (Å²) in [4.78, 5) is 0. The Morgan fingerprint density at radius 1 is 1.50 bits per heavy atom. The first-order valence-corrected chi connectivity index (χ1v) is 2.71. The van der Waals surface area contributed by atoms with Gasteiger partial charge < -0.3 is 0 Å². The van der Waals surface area contributed by atoms with Crippen LogP contribution in [0.3, 0.4) is 0 Å². The zero-order chi connectivity index (χ0) is 8.36. The fraction of sp³-hybridized carbons (Fsp3) is 0.400. The first-order valence-electron chi connectivity index (χ1n) is 2.33. The zero-order valence-electron chi connectivity index (χ0n) is 5.09. The molecule has 0 fully saturated rings. The Labute approximate surface area is 61.0 Å². The van der Waals surface area contributed by atoms with E-state index in [0.29, 0.717) is 6.08 Å². The minimum absolute atomic E-state index is 0.557. The molecule has 58 valence electrons. The molecule has 1 N–H and O–H groups in total. The van der Waals surface area contributed by atoms with Crippen LogP contribution in [-0.2, 0) is 0 Å². The van der Waals surface area contributed by atoms with E-state index in [9.17, 15) is 13.2 Å². The summed E-state index contributed by atoms with van der Waals surface area (Å²) in [6.45, 7) is 0.858. The van der Waals surface area contributed by atoms with Crippen molar-refractivity contribution in [1.29, 1.82) is 5.41 Å². The summed E-state index contributed by atoms with van der Waals surface area (Å²) in [7, 11) is 0. The molecule has 0 bridgehead atoms. The number of hydrogen-bond donors (Lipinski definition) is 1. The van der Waals surface area contributed by atoms with Gasteiger partial charge in [-0.15, -0.1) is 0 Å². The normalized spacial score (nSPS) is 13.5. The van der Waals surface area contributed by atoms with Gasteiger partial charge in [-0.25, -0.2) is 0 Å². The van der Waals surface area contributed by atoms with Crippen molar-refractivity contribution in [3.8, 4) is 0 Å². The predicted octanol–water partition coefficient (Wildman–Crippen LogP) is 2.71. The van der Waals surface area contributed by atoms with Crippen molar-refractivity contribution in [2.45, 2.75) is 13.1 Å². The average Bonchev–Trinajstić information content (AvgIpc) is 1.60. The van der Waals surface area contributed by atoms with Gasteiger partial charge in [0.15, 0.2) is 0 Å². The van der Waals surface area contributed by atoms with Crippen LogP contribution in [0.25, 0.3) is 0 Å². The van der Waals surface area contributed by atoms with E-state index < -0.39 is 16.9 Å². The van der Waals surface area contributed by atoms with Gasteiger partial charge in [-0.05, 0) is 13.0 Å². The van der Waals surface area contributed by atoms with Crippen molar-refractivity contribution in [2.75, 3.05) is 0 Å². The van der Waals surface area contributed by atoms with Crippen LogP contribution in [0.2, 0.25) is 0 Å². The molecule has 0 aromatic heterocycles. The van der Waals surface area contributed by atoms with Gasteiger partial charge in [0.05, 0.1) is 0 Å². The van der Waals surface area contributed by atoms with Gasteiger partial charge in [0, 0.05) is 5.57 Å². The topological polar surface area (TPSA) is 23.9 Å². The second-order valence-corrected chi connectivity index (χ2v) is 2.08.